The number of aromatic hydroxyl groups is 3. The van der Waals surface area contributed by atoms with Crippen LogP contribution in [0.5, 0.6) is 23.0 Å². The van der Waals surface area contributed by atoms with Crippen LogP contribution in [0.4, 0.5) is 11.5 Å². The van der Waals surface area contributed by atoms with Crippen molar-refractivity contribution in [3.63, 3.8) is 0 Å². The van der Waals surface area contributed by atoms with Crippen LogP contribution in [-0.4, -0.2) is 185 Å². The van der Waals surface area contributed by atoms with Gasteiger partial charge in [0.15, 0.2) is 17.8 Å². The Hall–Kier alpha value is -6.98. The molecule has 1 aromatic heterocycles. The molecule has 0 spiro atoms. The summed E-state index contributed by atoms with van der Waals surface area (Å²) in [5.74, 6) is -10.3. The van der Waals surface area contributed by atoms with Crippen LogP contribution in [0, 0.1) is 30.6 Å². The molecule has 0 saturated carbocycles. The molecule has 2 aromatic carbocycles. The van der Waals surface area contributed by atoms with Crippen LogP contribution in [-0.2, 0) is 35.1 Å². The number of aliphatic hydroxyl groups excluding tert-OH is 2. The highest BCUT2D eigenvalue weighted by Crippen LogP contribution is 2.55. The Morgan fingerprint density at radius 2 is 1.53 bits per heavy atom. The van der Waals surface area contributed by atoms with Crippen molar-refractivity contribution in [1.29, 1.82) is 0 Å². The molecule has 78 heavy (non-hydrogen) atoms. The van der Waals surface area contributed by atoms with Gasteiger partial charge in [-0.3, -0.25) is 19.4 Å². The van der Waals surface area contributed by atoms with E-state index in [1.54, 1.807) is 49.4 Å². The molecule has 3 aromatic rings. The molecule has 5 bridgehead atoms. The third kappa shape index (κ3) is 12.0. The molecule has 0 unspecified atom stereocenters. The minimum Gasteiger partial charge on any atom is -0.507 e. The van der Waals surface area contributed by atoms with Gasteiger partial charge in [-0.05, 0) is 40.9 Å². The molecule has 6 N–H and O–H groups in total. The lowest BCUT2D eigenvalue weighted by Crippen LogP contribution is -2.47. The number of hydrazone groups is 1. The number of ether oxygens (including phenoxy) is 5. The number of esters is 2. The van der Waals surface area contributed by atoms with Crippen molar-refractivity contribution in [3.8, 4) is 23.0 Å². The van der Waals surface area contributed by atoms with Gasteiger partial charge in [-0.25, -0.2) is 9.59 Å². The molecule has 2 saturated heterocycles. The first-order valence-electron chi connectivity index (χ1n) is 26.4. The molecule has 5 aliphatic rings. The summed E-state index contributed by atoms with van der Waals surface area (Å²) in [5.41, 5.74) is -1.42. The number of likely N-dealkylation sites (N-methyl/N-ethyl adjacent to an activating group) is 2. The first-order chi connectivity index (χ1) is 36.9. The van der Waals surface area contributed by atoms with Crippen LogP contribution in [0.25, 0.3) is 10.8 Å². The minimum atomic E-state index is -2.15. The number of carbonyl (C=O) groups is 4. The molecule has 0 radical (unpaired) electrons. The summed E-state index contributed by atoms with van der Waals surface area (Å²) < 4.78 is 31.3. The molecule has 424 valence electrons. The van der Waals surface area contributed by atoms with Crippen molar-refractivity contribution in [2.24, 2.45) is 28.8 Å². The maximum Gasteiger partial charge on any atom is 0.344 e. The lowest BCUT2D eigenvalue weighted by Gasteiger charge is -2.38. The van der Waals surface area contributed by atoms with Crippen molar-refractivity contribution < 1.29 is 68.4 Å². The smallest absolute Gasteiger partial charge is 0.344 e. The Balaban J connectivity index is 1.23. The Bertz CT molecular complexity index is 2960. The van der Waals surface area contributed by atoms with E-state index < -0.39 is 107 Å². The molecule has 6 heterocycles. The normalized spacial score (nSPS) is 28.5. The Morgan fingerprint density at radius 1 is 0.872 bits per heavy atom. The number of benzene rings is 2. The predicted molar refractivity (Wildman–Crippen MR) is 291 cm³/mol. The number of rotatable bonds is 9. The number of fused-ring (bicyclic) bond motifs is 14. The standard InChI is InChI=1S/C56H75N7O15/c1-12-61-28-37(38(64)26-40(61)62-21-17-59(9)18-22-62)55(73)75-29-41(65)77-51-32(4)39(74-11)16-25-76-56(8)53(71)44-42-43(48(68)35(7)52(44)78-56)50(70)45(36(49(42)69)27-57-63-23-19-60(10)20-24-63)58-54(72)31(3)15-13-14-30(2)46(66)33(5)47(67)34(51)6/h13-16,25-28,30,32-34,39,46-47,51,66-70H,12,17-24,29H2,1-11H3,(H,58,72)/b14-13+,25-16+,31-15-,57-27?/t30-,32+,33+,34+,39-,46-,47+,51+,56-/m0/s1. The van der Waals surface area contributed by atoms with Gasteiger partial charge < -0.3 is 73.8 Å². The second kappa shape index (κ2) is 24.4. The van der Waals surface area contributed by atoms with Crippen LogP contribution < -0.4 is 20.4 Å². The number of phenols is 3. The summed E-state index contributed by atoms with van der Waals surface area (Å²) in [6.45, 7) is 17.7. The van der Waals surface area contributed by atoms with Gasteiger partial charge in [0.05, 0.1) is 53.0 Å². The number of ketones is 1. The number of amides is 1. The van der Waals surface area contributed by atoms with E-state index in [-0.39, 0.29) is 50.0 Å². The van der Waals surface area contributed by atoms with E-state index in [0.29, 0.717) is 51.6 Å². The highest BCUT2D eigenvalue weighted by atomic mass is 16.7. The molecule has 9 atom stereocenters. The van der Waals surface area contributed by atoms with Crippen molar-refractivity contribution in [1.82, 2.24) is 19.4 Å². The molecule has 1 amide bonds. The topological polar surface area (TPSA) is 275 Å². The van der Waals surface area contributed by atoms with E-state index in [4.69, 9.17) is 23.7 Å². The van der Waals surface area contributed by atoms with Crippen molar-refractivity contribution in [2.45, 2.75) is 92.1 Å². The molecule has 0 aliphatic carbocycles. The number of pyridine rings is 1. The van der Waals surface area contributed by atoms with Gasteiger partial charge in [0.2, 0.25) is 0 Å². The quantitative estimate of drug-likeness (QED) is 0.0762. The number of aromatic nitrogens is 1. The molecule has 22 heteroatoms. The first-order valence-corrected chi connectivity index (χ1v) is 26.4. The molecule has 2 fully saturated rings. The fourth-order valence-electron chi connectivity index (χ4n) is 10.4. The number of aryl methyl sites for hydroxylation is 1. The van der Waals surface area contributed by atoms with Crippen molar-refractivity contribution in [2.75, 3.05) is 90.4 Å². The average Bonchev–Trinajstić information content (AvgIpc) is 3.93. The number of aliphatic hydroxyl groups is 2. The highest BCUT2D eigenvalue weighted by Gasteiger charge is 2.50. The Morgan fingerprint density at radius 3 is 2.17 bits per heavy atom. The number of nitrogens with one attached hydrogen (secondary N) is 1. The average molecular weight is 1090 g/mol. The summed E-state index contributed by atoms with van der Waals surface area (Å²) >= 11 is 0. The Kier molecular flexibility index (Phi) is 18.3. The summed E-state index contributed by atoms with van der Waals surface area (Å²) in [7, 11) is 5.37. The first kappa shape index (κ1) is 58.7. The third-order valence-electron chi connectivity index (χ3n) is 15.6. The lowest BCUT2D eigenvalue weighted by molar-refractivity contribution is -0.166. The highest BCUT2D eigenvalue weighted by molar-refractivity contribution is 6.24. The van der Waals surface area contributed by atoms with Gasteiger partial charge in [-0.1, -0.05) is 45.9 Å². The van der Waals surface area contributed by atoms with Crippen LogP contribution in [0.3, 0.4) is 0 Å². The van der Waals surface area contributed by atoms with Gasteiger partial charge in [0.1, 0.15) is 34.7 Å². The van der Waals surface area contributed by atoms with Crippen LogP contribution >= 0.6 is 0 Å². The number of carbonyl (C=O) groups excluding carboxylic acids is 4. The maximum atomic E-state index is 14.7. The molecule has 5 aliphatic heterocycles. The zero-order valence-electron chi connectivity index (χ0n) is 46.3. The molecular weight excluding hydrogens is 1010 g/mol. The molecular formula is C56H75N7O15. The maximum absolute atomic E-state index is 14.7. The minimum absolute atomic E-state index is 0.00807. The fourth-order valence-corrected chi connectivity index (χ4v) is 10.4. The zero-order valence-corrected chi connectivity index (χ0v) is 46.3. The number of hydrogen-bond donors (Lipinski definition) is 6. The number of hydrogen-bond acceptors (Lipinski definition) is 20. The number of Topliss-reactive ketones (excluding diaryl/α,β-unsaturated/α-hetero) is 1. The van der Waals surface area contributed by atoms with E-state index in [0.717, 1.165) is 19.4 Å². The summed E-state index contributed by atoms with van der Waals surface area (Å²) in [6, 6.07) is 1.39. The fraction of sp³-hybridized carbons (Fsp3) is 0.536. The summed E-state index contributed by atoms with van der Waals surface area (Å²) in [5, 5.41) is 68.0. The second-order valence-electron chi connectivity index (χ2n) is 21.1. The van der Waals surface area contributed by atoms with Crippen molar-refractivity contribution >= 4 is 52.1 Å². The van der Waals surface area contributed by atoms with Crippen LogP contribution in [0.2, 0.25) is 0 Å². The zero-order chi connectivity index (χ0) is 57.1. The van der Waals surface area contributed by atoms with Gasteiger partial charge in [0.25, 0.3) is 11.7 Å². The largest absolute Gasteiger partial charge is 0.507 e. The number of nitrogens with zero attached hydrogens (tertiary/aromatic N) is 6. The van der Waals surface area contributed by atoms with Gasteiger partial charge >= 0.3 is 17.7 Å². The number of piperazine rings is 2. The molecule has 22 nitrogen and oxygen atoms in total. The van der Waals surface area contributed by atoms with Gasteiger partial charge in [0, 0.05) is 125 Å². The second-order valence-corrected chi connectivity index (χ2v) is 21.1. The van der Waals surface area contributed by atoms with E-state index >= 15 is 0 Å². The van der Waals surface area contributed by atoms with Crippen LogP contribution in [0.1, 0.15) is 80.3 Å². The lowest BCUT2D eigenvalue weighted by atomic mass is 9.78. The van der Waals surface area contributed by atoms with E-state index in [2.05, 4.69) is 25.1 Å². The predicted octanol–water partition coefficient (Wildman–Crippen LogP) is 4.11. The van der Waals surface area contributed by atoms with Gasteiger partial charge in [-0.2, -0.15) is 5.10 Å². The van der Waals surface area contributed by atoms with E-state index in [9.17, 15) is 49.5 Å². The van der Waals surface area contributed by atoms with Gasteiger partial charge in [-0.15, -0.1) is 0 Å². The SMILES string of the molecule is CCn1cc(C(=O)OCC(=O)O[C@H]2[C@H](C)[C@H](O)[C@H](C)[C@@H](O)[C@@H](C)/C=C/C=C(/C)C(=O)Nc3c(C=NN4CCN(C)CC4)c(O)c4c5c(c(C)c(O)c4c3O)O[C@](C)(O/C=C/[C@H](OC)[C@H]2C)C5=O)c(=O)cc1N1CCN(C)CC1. The third-order valence-corrected chi connectivity index (χ3v) is 15.6. The monoisotopic (exact) mass is 1090 g/mol. The summed E-state index contributed by atoms with van der Waals surface area (Å²) in [4.78, 5) is 75.6. The molecule has 8 rings (SSSR count). The van der Waals surface area contributed by atoms with Crippen molar-refractivity contribution in [3.05, 3.63) is 80.9 Å². The van der Waals surface area contributed by atoms with E-state index in [1.165, 1.54) is 58.5 Å². The Labute approximate surface area is 453 Å². The van der Waals surface area contributed by atoms with E-state index in [1.807, 2.05) is 21.0 Å². The number of anilines is 2. The summed E-state index contributed by atoms with van der Waals surface area (Å²) in [6.07, 6.45) is 5.16. The number of methoxy groups -OCH3 is 1. The number of phenolic OH excluding ortho intramolecular Hbond substituents is 3. The number of allylic oxidation sites excluding steroid dienone is 2. The van der Waals surface area contributed by atoms with Crippen LogP contribution in [0.15, 0.2) is 58.3 Å².